The van der Waals surface area contributed by atoms with Gasteiger partial charge in [-0.15, -0.1) is 0 Å². The second kappa shape index (κ2) is 4.00. The maximum atomic E-state index is 12.6. The van der Waals surface area contributed by atoms with Gasteiger partial charge in [-0.1, -0.05) is 0 Å². The zero-order valence-electron chi connectivity index (χ0n) is 7.52. The van der Waals surface area contributed by atoms with Gasteiger partial charge in [-0.25, -0.2) is 14.4 Å². The van der Waals surface area contributed by atoms with E-state index in [4.69, 9.17) is 4.74 Å². The van der Waals surface area contributed by atoms with Crippen LogP contribution in [0.1, 0.15) is 0 Å². The normalized spacial score (nSPS) is 10.0. The minimum atomic E-state index is -0.679. The molecule has 0 saturated carbocycles. The van der Waals surface area contributed by atoms with Crippen molar-refractivity contribution in [2.45, 2.75) is 0 Å². The lowest BCUT2D eigenvalue weighted by Crippen LogP contribution is -1.90. The van der Waals surface area contributed by atoms with Gasteiger partial charge < -0.3 is 4.74 Å². The van der Waals surface area contributed by atoms with E-state index in [2.05, 4.69) is 9.97 Å². The summed E-state index contributed by atoms with van der Waals surface area (Å²) in [5.74, 6) is -0.582. The summed E-state index contributed by atoms with van der Waals surface area (Å²) < 4.78 is 30.3. The van der Waals surface area contributed by atoms with Crippen molar-refractivity contribution < 1.29 is 13.5 Å². The first-order chi connectivity index (χ1) is 7.24. The fourth-order valence-corrected chi connectivity index (χ4v) is 0.997. The Balaban J connectivity index is 2.18. The molecule has 2 aromatic rings. The summed E-state index contributed by atoms with van der Waals surface area (Å²) in [6.45, 7) is 0. The minimum Gasteiger partial charge on any atom is -0.439 e. The lowest BCUT2D eigenvalue weighted by Gasteiger charge is -2.03. The third-order valence-corrected chi connectivity index (χ3v) is 1.64. The van der Waals surface area contributed by atoms with Crippen molar-refractivity contribution in [1.82, 2.24) is 9.97 Å². The monoisotopic (exact) mass is 208 g/mol. The molecule has 0 aliphatic carbocycles. The molecule has 1 aromatic heterocycles. The Hall–Kier alpha value is -2.04. The van der Waals surface area contributed by atoms with Gasteiger partial charge in [0.05, 0.1) is 6.07 Å². The Morgan fingerprint density at radius 2 is 1.73 bits per heavy atom. The van der Waals surface area contributed by atoms with Gasteiger partial charge in [0.25, 0.3) is 0 Å². The summed E-state index contributed by atoms with van der Waals surface area (Å²) in [6, 6.07) is 6.38. The first kappa shape index (κ1) is 9.51. The molecule has 0 N–H and O–H groups in total. The molecule has 0 radical (unpaired) electrons. The van der Waals surface area contributed by atoms with E-state index in [-0.39, 0.29) is 11.7 Å². The Kier molecular flexibility index (Phi) is 2.53. The summed E-state index contributed by atoms with van der Waals surface area (Å²) in [4.78, 5) is 6.97. The van der Waals surface area contributed by atoms with Crippen LogP contribution in [0.25, 0.3) is 0 Å². The van der Waals surface area contributed by atoms with E-state index in [9.17, 15) is 8.78 Å². The minimum absolute atomic E-state index is 0.0779. The Labute approximate surface area is 84.4 Å². The van der Waals surface area contributed by atoms with Crippen LogP contribution in [-0.2, 0) is 0 Å². The topological polar surface area (TPSA) is 35.0 Å². The second-order valence-electron chi connectivity index (χ2n) is 2.73. The maximum Gasteiger partial charge on any atom is 0.225 e. The van der Waals surface area contributed by atoms with Crippen LogP contribution in [0.5, 0.6) is 11.6 Å². The van der Waals surface area contributed by atoms with E-state index in [0.29, 0.717) is 5.75 Å². The van der Waals surface area contributed by atoms with Crippen molar-refractivity contribution in [3.8, 4) is 11.6 Å². The maximum absolute atomic E-state index is 12.6. The SMILES string of the molecule is Fc1ccc(Oc2cc(F)ncn2)cc1. The number of nitrogens with zero attached hydrogens (tertiary/aromatic N) is 2. The van der Waals surface area contributed by atoms with E-state index in [1.54, 1.807) is 0 Å². The fraction of sp³-hybridized carbons (Fsp3) is 0. The predicted molar refractivity (Wildman–Crippen MR) is 48.5 cm³/mol. The molecule has 0 amide bonds. The smallest absolute Gasteiger partial charge is 0.225 e. The van der Waals surface area contributed by atoms with Crippen molar-refractivity contribution >= 4 is 0 Å². The number of aromatic nitrogens is 2. The van der Waals surface area contributed by atoms with Crippen molar-refractivity contribution in [2.24, 2.45) is 0 Å². The zero-order chi connectivity index (χ0) is 10.7. The molecule has 0 aliphatic heterocycles. The standard InChI is InChI=1S/C10H6F2N2O/c11-7-1-3-8(4-2-7)15-10-5-9(12)13-6-14-10/h1-6H. The highest BCUT2D eigenvalue weighted by atomic mass is 19.1. The Bertz CT molecular complexity index is 459. The molecule has 0 unspecified atom stereocenters. The molecule has 3 nitrogen and oxygen atoms in total. The van der Waals surface area contributed by atoms with Crippen LogP contribution in [0.3, 0.4) is 0 Å². The molecule has 0 saturated heterocycles. The molecule has 0 bridgehead atoms. The molecule has 0 fully saturated rings. The van der Waals surface area contributed by atoms with Crippen molar-refractivity contribution in [1.29, 1.82) is 0 Å². The van der Waals surface area contributed by atoms with Crippen LogP contribution in [0.15, 0.2) is 36.7 Å². The summed E-state index contributed by atoms with van der Waals surface area (Å²) >= 11 is 0. The van der Waals surface area contributed by atoms with E-state index < -0.39 is 5.95 Å². The van der Waals surface area contributed by atoms with Gasteiger partial charge in [0, 0.05) is 0 Å². The van der Waals surface area contributed by atoms with Gasteiger partial charge in [0.15, 0.2) is 0 Å². The predicted octanol–water partition coefficient (Wildman–Crippen LogP) is 2.55. The molecule has 1 aromatic carbocycles. The van der Waals surface area contributed by atoms with E-state index in [0.717, 1.165) is 12.4 Å². The van der Waals surface area contributed by atoms with Gasteiger partial charge >= 0.3 is 0 Å². The highest BCUT2D eigenvalue weighted by molar-refractivity contribution is 5.26. The Morgan fingerprint density at radius 1 is 1.00 bits per heavy atom. The number of hydrogen-bond donors (Lipinski definition) is 0. The molecule has 0 atom stereocenters. The lowest BCUT2D eigenvalue weighted by atomic mass is 10.3. The third-order valence-electron chi connectivity index (χ3n) is 1.64. The molecule has 76 valence electrons. The molecule has 2 rings (SSSR count). The van der Waals surface area contributed by atoms with Crippen LogP contribution in [0.4, 0.5) is 8.78 Å². The largest absolute Gasteiger partial charge is 0.439 e. The average molecular weight is 208 g/mol. The fourth-order valence-electron chi connectivity index (χ4n) is 0.997. The zero-order valence-corrected chi connectivity index (χ0v) is 7.52. The summed E-state index contributed by atoms with van der Waals surface area (Å²) in [5.41, 5.74) is 0. The number of ether oxygens (including phenoxy) is 1. The number of benzene rings is 1. The Morgan fingerprint density at radius 3 is 2.40 bits per heavy atom. The van der Waals surface area contributed by atoms with Crippen LogP contribution >= 0.6 is 0 Å². The van der Waals surface area contributed by atoms with E-state index in [1.165, 1.54) is 24.3 Å². The van der Waals surface area contributed by atoms with Crippen molar-refractivity contribution in [3.63, 3.8) is 0 Å². The average Bonchev–Trinajstić information content (AvgIpc) is 2.22. The summed E-state index contributed by atoms with van der Waals surface area (Å²) in [6.07, 6.45) is 1.05. The number of hydrogen-bond acceptors (Lipinski definition) is 3. The van der Waals surface area contributed by atoms with Crippen LogP contribution < -0.4 is 4.74 Å². The highest BCUT2D eigenvalue weighted by Gasteiger charge is 2.00. The van der Waals surface area contributed by atoms with Gasteiger partial charge in [0.1, 0.15) is 17.9 Å². The number of rotatable bonds is 2. The van der Waals surface area contributed by atoms with Crippen LogP contribution in [0.2, 0.25) is 0 Å². The highest BCUT2D eigenvalue weighted by Crippen LogP contribution is 2.18. The lowest BCUT2D eigenvalue weighted by molar-refractivity contribution is 0.449. The van der Waals surface area contributed by atoms with Gasteiger partial charge in [-0.3, -0.25) is 0 Å². The van der Waals surface area contributed by atoms with E-state index in [1.807, 2.05) is 0 Å². The van der Waals surface area contributed by atoms with E-state index >= 15 is 0 Å². The van der Waals surface area contributed by atoms with Crippen molar-refractivity contribution in [3.05, 3.63) is 48.4 Å². The third kappa shape index (κ3) is 2.46. The molecule has 15 heavy (non-hydrogen) atoms. The molecular weight excluding hydrogens is 202 g/mol. The van der Waals surface area contributed by atoms with Gasteiger partial charge in [-0.05, 0) is 24.3 Å². The first-order valence-corrected chi connectivity index (χ1v) is 4.15. The van der Waals surface area contributed by atoms with Gasteiger partial charge in [-0.2, -0.15) is 4.39 Å². The summed E-state index contributed by atoms with van der Waals surface area (Å²) in [5, 5.41) is 0. The molecule has 1 heterocycles. The van der Waals surface area contributed by atoms with Gasteiger partial charge in [0.2, 0.25) is 11.8 Å². The summed E-state index contributed by atoms with van der Waals surface area (Å²) in [7, 11) is 0. The van der Waals surface area contributed by atoms with Crippen molar-refractivity contribution in [2.75, 3.05) is 0 Å². The molecule has 0 spiro atoms. The molecular formula is C10H6F2N2O. The second-order valence-corrected chi connectivity index (χ2v) is 2.73. The van der Waals surface area contributed by atoms with Crippen LogP contribution in [0, 0.1) is 11.8 Å². The molecule has 5 heteroatoms. The first-order valence-electron chi connectivity index (χ1n) is 4.15. The number of halogens is 2. The van der Waals surface area contributed by atoms with Crippen LogP contribution in [-0.4, -0.2) is 9.97 Å². The molecule has 0 aliphatic rings. The quantitative estimate of drug-likeness (QED) is 0.711.